The van der Waals surface area contributed by atoms with Crippen molar-refractivity contribution in [2.75, 3.05) is 6.54 Å². The van der Waals surface area contributed by atoms with E-state index in [-0.39, 0.29) is 5.75 Å². The number of phenols is 1. The van der Waals surface area contributed by atoms with Crippen LogP contribution in [0.3, 0.4) is 0 Å². The summed E-state index contributed by atoms with van der Waals surface area (Å²) >= 11 is 0. The van der Waals surface area contributed by atoms with Crippen molar-refractivity contribution >= 4 is 5.71 Å². The highest BCUT2D eigenvalue weighted by Crippen LogP contribution is 2.39. The second kappa shape index (κ2) is 4.39. The summed E-state index contributed by atoms with van der Waals surface area (Å²) in [6, 6.07) is 11.4. The number of phenolic OH excluding ortho intramolecular Hbond substituents is 1. The van der Waals surface area contributed by atoms with Crippen LogP contribution in [0.5, 0.6) is 5.75 Å². The van der Waals surface area contributed by atoms with Crippen molar-refractivity contribution in [3.05, 3.63) is 59.9 Å². The normalized spacial score (nSPS) is 21.8. The summed E-state index contributed by atoms with van der Waals surface area (Å²) in [4.78, 5) is 4.07. The van der Waals surface area contributed by atoms with Crippen molar-refractivity contribution < 1.29 is 5.11 Å². The quantitative estimate of drug-likeness (QED) is 0.861. The Labute approximate surface area is 111 Å². The smallest absolute Gasteiger partial charge is 0.120 e. The van der Waals surface area contributed by atoms with Crippen LogP contribution < -0.4 is 5.43 Å². The zero-order valence-corrected chi connectivity index (χ0v) is 10.7. The highest BCUT2D eigenvalue weighted by atomic mass is 16.3. The minimum atomic E-state index is -0.422. The molecule has 4 heteroatoms. The Bertz CT molecular complexity index is 624. The molecule has 1 atom stereocenters. The number of para-hydroxylation sites is 1. The molecule has 0 spiro atoms. The number of rotatable bonds is 2. The van der Waals surface area contributed by atoms with E-state index in [1.165, 1.54) is 0 Å². The number of aromatic hydroxyl groups is 1. The van der Waals surface area contributed by atoms with Gasteiger partial charge >= 0.3 is 0 Å². The molecule has 1 unspecified atom stereocenters. The Morgan fingerprint density at radius 1 is 1.16 bits per heavy atom. The lowest BCUT2D eigenvalue weighted by Crippen LogP contribution is -2.37. The molecule has 2 aromatic rings. The molecule has 0 aliphatic carbocycles. The van der Waals surface area contributed by atoms with Crippen molar-refractivity contribution in [3.8, 4) is 5.75 Å². The largest absolute Gasteiger partial charge is 0.508 e. The second-order valence-corrected chi connectivity index (χ2v) is 4.69. The van der Waals surface area contributed by atoms with Gasteiger partial charge in [0.15, 0.2) is 0 Å². The van der Waals surface area contributed by atoms with E-state index in [4.69, 9.17) is 0 Å². The standard InChI is InChI=1S/C15H15N3O/c1-11-15(10-17-18-11,12-6-8-16-9-7-12)13-4-2-3-5-14(13)19/h2-9,17,19H,10H2,1H3. The van der Waals surface area contributed by atoms with Gasteiger partial charge in [-0.2, -0.15) is 5.10 Å². The number of hydrogen-bond acceptors (Lipinski definition) is 4. The maximum absolute atomic E-state index is 10.2. The molecular weight excluding hydrogens is 238 g/mol. The van der Waals surface area contributed by atoms with Gasteiger partial charge in [-0.05, 0) is 30.7 Å². The zero-order valence-electron chi connectivity index (χ0n) is 10.7. The summed E-state index contributed by atoms with van der Waals surface area (Å²) in [7, 11) is 0. The van der Waals surface area contributed by atoms with Crippen LogP contribution in [-0.4, -0.2) is 22.3 Å². The number of pyridine rings is 1. The molecule has 0 saturated heterocycles. The van der Waals surface area contributed by atoms with Crippen LogP contribution in [0.2, 0.25) is 0 Å². The lowest BCUT2D eigenvalue weighted by molar-refractivity contribution is 0.458. The molecule has 0 bridgehead atoms. The average Bonchev–Trinajstić information content (AvgIpc) is 2.83. The van der Waals surface area contributed by atoms with E-state index in [9.17, 15) is 5.11 Å². The molecule has 19 heavy (non-hydrogen) atoms. The van der Waals surface area contributed by atoms with Crippen molar-refractivity contribution in [3.63, 3.8) is 0 Å². The van der Waals surface area contributed by atoms with Crippen molar-refractivity contribution in [2.45, 2.75) is 12.3 Å². The minimum absolute atomic E-state index is 0.289. The summed E-state index contributed by atoms with van der Waals surface area (Å²) in [5, 5.41) is 14.5. The van der Waals surface area contributed by atoms with E-state index in [0.717, 1.165) is 16.8 Å². The molecule has 2 N–H and O–H groups in total. The number of hydrogen-bond donors (Lipinski definition) is 2. The average molecular weight is 253 g/mol. The molecular formula is C15H15N3O. The molecule has 0 radical (unpaired) electrons. The van der Waals surface area contributed by atoms with E-state index in [2.05, 4.69) is 15.5 Å². The van der Waals surface area contributed by atoms with Gasteiger partial charge < -0.3 is 10.5 Å². The van der Waals surface area contributed by atoms with Crippen LogP contribution in [0.1, 0.15) is 18.1 Å². The van der Waals surface area contributed by atoms with E-state index < -0.39 is 5.41 Å². The highest BCUT2D eigenvalue weighted by Gasteiger charge is 2.42. The SMILES string of the molecule is CC1=NNCC1(c1ccncc1)c1ccccc1O. The molecule has 3 rings (SSSR count). The molecule has 1 aliphatic rings. The molecule has 2 heterocycles. The first-order chi connectivity index (χ1) is 9.25. The molecule has 1 aromatic carbocycles. The first kappa shape index (κ1) is 11.7. The summed E-state index contributed by atoms with van der Waals surface area (Å²) < 4.78 is 0. The minimum Gasteiger partial charge on any atom is -0.508 e. The van der Waals surface area contributed by atoms with E-state index in [1.807, 2.05) is 37.3 Å². The molecule has 0 saturated carbocycles. The Morgan fingerprint density at radius 3 is 2.53 bits per heavy atom. The number of benzene rings is 1. The lowest BCUT2D eigenvalue weighted by atomic mass is 9.72. The fourth-order valence-electron chi connectivity index (χ4n) is 2.73. The maximum Gasteiger partial charge on any atom is 0.120 e. The van der Waals surface area contributed by atoms with Gasteiger partial charge in [0, 0.05) is 18.0 Å². The number of nitrogens with one attached hydrogen (secondary N) is 1. The maximum atomic E-state index is 10.2. The van der Waals surface area contributed by atoms with Gasteiger partial charge in [-0.25, -0.2) is 0 Å². The molecule has 1 aliphatic heterocycles. The third-order valence-electron chi connectivity index (χ3n) is 3.75. The van der Waals surface area contributed by atoms with Gasteiger partial charge in [-0.3, -0.25) is 4.98 Å². The number of aromatic nitrogens is 1. The van der Waals surface area contributed by atoms with E-state index in [0.29, 0.717) is 6.54 Å². The lowest BCUT2D eigenvalue weighted by Gasteiger charge is -2.30. The third kappa shape index (κ3) is 1.68. The van der Waals surface area contributed by atoms with Crippen LogP contribution in [0.25, 0.3) is 0 Å². The molecule has 0 amide bonds. The third-order valence-corrected chi connectivity index (χ3v) is 3.75. The van der Waals surface area contributed by atoms with Gasteiger partial charge in [0.1, 0.15) is 5.75 Å². The Kier molecular flexibility index (Phi) is 2.71. The van der Waals surface area contributed by atoms with Gasteiger partial charge in [-0.1, -0.05) is 18.2 Å². The van der Waals surface area contributed by atoms with Crippen LogP contribution in [0, 0.1) is 0 Å². The summed E-state index contributed by atoms with van der Waals surface area (Å²) in [6.45, 7) is 2.62. The zero-order chi connectivity index (χ0) is 13.3. The molecule has 0 fully saturated rings. The van der Waals surface area contributed by atoms with Gasteiger partial charge in [0.2, 0.25) is 0 Å². The van der Waals surface area contributed by atoms with Crippen LogP contribution in [0.15, 0.2) is 53.9 Å². The van der Waals surface area contributed by atoms with Gasteiger partial charge in [0.05, 0.1) is 17.7 Å². The Hall–Kier alpha value is -2.36. The Morgan fingerprint density at radius 2 is 1.89 bits per heavy atom. The second-order valence-electron chi connectivity index (χ2n) is 4.69. The molecule has 4 nitrogen and oxygen atoms in total. The number of hydrazone groups is 1. The van der Waals surface area contributed by atoms with E-state index in [1.54, 1.807) is 18.5 Å². The predicted molar refractivity (Wildman–Crippen MR) is 74.2 cm³/mol. The molecule has 1 aromatic heterocycles. The summed E-state index contributed by atoms with van der Waals surface area (Å²) in [6.07, 6.45) is 3.53. The highest BCUT2D eigenvalue weighted by molar-refractivity contribution is 5.98. The van der Waals surface area contributed by atoms with Gasteiger partial charge in [0.25, 0.3) is 0 Å². The van der Waals surface area contributed by atoms with Crippen LogP contribution in [0.4, 0.5) is 0 Å². The summed E-state index contributed by atoms with van der Waals surface area (Å²) in [5.41, 5.74) is 5.51. The van der Waals surface area contributed by atoms with Crippen LogP contribution >= 0.6 is 0 Å². The first-order valence-corrected chi connectivity index (χ1v) is 6.22. The fraction of sp³-hybridized carbons (Fsp3) is 0.200. The summed E-state index contributed by atoms with van der Waals surface area (Å²) in [5.74, 6) is 0.289. The Balaban J connectivity index is 2.26. The predicted octanol–water partition coefficient (Wildman–Crippen LogP) is 2.05. The van der Waals surface area contributed by atoms with Crippen molar-refractivity contribution in [1.82, 2.24) is 10.4 Å². The number of nitrogens with zero attached hydrogens (tertiary/aromatic N) is 2. The monoisotopic (exact) mass is 253 g/mol. The van der Waals surface area contributed by atoms with Crippen molar-refractivity contribution in [2.24, 2.45) is 5.10 Å². The van der Waals surface area contributed by atoms with E-state index >= 15 is 0 Å². The van der Waals surface area contributed by atoms with Gasteiger partial charge in [-0.15, -0.1) is 0 Å². The van der Waals surface area contributed by atoms with Crippen LogP contribution in [-0.2, 0) is 5.41 Å². The first-order valence-electron chi connectivity index (χ1n) is 6.22. The fourth-order valence-corrected chi connectivity index (χ4v) is 2.73. The molecule has 96 valence electrons. The topological polar surface area (TPSA) is 57.5 Å². The van der Waals surface area contributed by atoms with Crippen molar-refractivity contribution in [1.29, 1.82) is 0 Å².